The van der Waals surface area contributed by atoms with Crippen LogP contribution < -0.4 is 11.1 Å². The fraction of sp³-hybridized carbons (Fsp3) is 0.231. The molecule has 0 saturated heterocycles. The first-order valence-corrected chi connectivity index (χ1v) is 6.13. The fourth-order valence-electron chi connectivity index (χ4n) is 1.80. The number of hydrogen-bond acceptors (Lipinski definition) is 5. The number of non-ortho nitro benzene ring substituents is 1. The third-order valence-electron chi connectivity index (χ3n) is 2.79. The second-order valence-corrected chi connectivity index (χ2v) is 4.33. The van der Waals surface area contributed by atoms with Gasteiger partial charge in [-0.05, 0) is 24.6 Å². The molecule has 1 aromatic heterocycles. The second kappa shape index (κ2) is 5.96. The minimum Gasteiger partial charge on any atom is -0.370 e. The summed E-state index contributed by atoms with van der Waals surface area (Å²) < 4.78 is 0. The van der Waals surface area contributed by atoms with Crippen LogP contribution in [0.2, 0.25) is 0 Å². The molecule has 0 bridgehead atoms. The standard InChI is InChI=1S/C13H14N4O3/c14-12(18)2-1-7-15-13-6-3-9-8-10(17(19)20)4-5-11(9)16-13/h3-6,8H,1-2,7H2,(H2,14,18)(H,15,16). The number of fused-ring (bicyclic) bond motifs is 1. The van der Waals surface area contributed by atoms with Crippen molar-refractivity contribution in [3.8, 4) is 0 Å². The number of nitrogens with zero attached hydrogens (tertiary/aromatic N) is 2. The van der Waals surface area contributed by atoms with Crippen molar-refractivity contribution in [2.75, 3.05) is 11.9 Å². The molecule has 2 rings (SSSR count). The lowest BCUT2D eigenvalue weighted by atomic mass is 10.2. The number of pyridine rings is 1. The highest BCUT2D eigenvalue weighted by molar-refractivity contribution is 5.82. The molecule has 1 heterocycles. The summed E-state index contributed by atoms with van der Waals surface area (Å²) in [6, 6.07) is 8.04. The van der Waals surface area contributed by atoms with E-state index in [1.54, 1.807) is 18.2 Å². The van der Waals surface area contributed by atoms with Gasteiger partial charge in [-0.25, -0.2) is 4.98 Å². The molecule has 0 radical (unpaired) electrons. The number of nitro benzene ring substituents is 1. The Hall–Kier alpha value is -2.70. The van der Waals surface area contributed by atoms with Crippen molar-refractivity contribution >= 4 is 28.3 Å². The van der Waals surface area contributed by atoms with Gasteiger partial charge < -0.3 is 11.1 Å². The Bertz CT molecular complexity index is 657. The Kier molecular flexibility index (Phi) is 4.09. The van der Waals surface area contributed by atoms with Crippen LogP contribution in [0.15, 0.2) is 30.3 Å². The highest BCUT2D eigenvalue weighted by Gasteiger charge is 2.07. The molecule has 104 valence electrons. The molecule has 7 nitrogen and oxygen atoms in total. The van der Waals surface area contributed by atoms with Gasteiger partial charge in [0.2, 0.25) is 5.91 Å². The van der Waals surface area contributed by atoms with Crippen molar-refractivity contribution in [1.29, 1.82) is 0 Å². The van der Waals surface area contributed by atoms with Crippen molar-refractivity contribution < 1.29 is 9.72 Å². The Balaban J connectivity index is 2.08. The summed E-state index contributed by atoms with van der Waals surface area (Å²) in [5, 5.41) is 14.5. The molecule has 0 aliphatic heterocycles. The molecular formula is C13H14N4O3. The molecular weight excluding hydrogens is 260 g/mol. The van der Waals surface area contributed by atoms with Crippen molar-refractivity contribution in [3.05, 3.63) is 40.4 Å². The average molecular weight is 274 g/mol. The largest absolute Gasteiger partial charge is 0.370 e. The van der Waals surface area contributed by atoms with Crippen molar-refractivity contribution in [2.24, 2.45) is 5.73 Å². The Morgan fingerprint density at radius 2 is 2.15 bits per heavy atom. The molecule has 0 atom stereocenters. The number of carbonyl (C=O) groups is 1. The van der Waals surface area contributed by atoms with Crippen LogP contribution in [-0.4, -0.2) is 22.4 Å². The van der Waals surface area contributed by atoms with E-state index in [2.05, 4.69) is 10.3 Å². The quantitative estimate of drug-likeness (QED) is 0.474. The van der Waals surface area contributed by atoms with E-state index in [1.807, 2.05) is 0 Å². The highest BCUT2D eigenvalue weighted by atomic mass is 16.6. The predicted molar refractivity (Wildman–Crippen MR) is 75.3 cm³/mol. The van der Waals surface area contributed by atoms with Crippen molar-refractivity contribution in [1.82, 2.24) is 4.98 Å². The first kappa shape index (κ1) is 13.7. The number of nitro groups is 1. The number of benzene rings is 1. The minimum absolute atomic E-state index is 0.0430. The van der Waals surface area contributed by atoms with Crippen LogP contribution in [0.5, 0.6) is 0 Å². The molecule has 0 unspecified atom stereocenters. The van der Waals surface area contributed by atoms with E-state index in [-0.39, 0.29) is 11.6 Å². The second-order valence-electron chi connectivity index (χ2n) is 4.33. The molecule has 0 aliphatic carbocycles. The minimum atomic E-state index is -0.435. The van der Waals surface area contributed by atoms with Gasteiger partial charge in [-0.2, -0.15) is 0 Å². The topological polar surface area (TPSA) is 111 Å². The van der Waals surface area contributed by atoms with E-state index in [4.69, 9.17) is 5.73 Å². The van der Waals surface area contributed by atoms with E-state index in [1.165, 1.54) is 12.1 Å². The zero-order valence-electron chi connectivity index (χ0n) is 10.7. The Morgan fingerprint density at radius 1 is 1.35 bits per heavy atom. The summed E-state index contributed by atoms with van der Waals surface area (Å²) in [6.45, 7) is 0.592. The van der Waals surface area contributed by atoms with Crippen LogP contribution in [0.3, 0.4) is 0 Å². The van der Waals surface area contributed by atoms with Crippen LogP contribution in [0.1, 0.15) is 12.8 Å². The zero-order chi connectivity index (χ0) is 14.5. The van der Waals surface area contributed by atoms with Gasteiger partial charge in [0.1, 0.15) is 5.82 Å². The van der Waals surface area contributed by atoms with Gasteiger partial charge in [0.05, 0.1) is 10.4 Å². The van der Waals surface area contributed by atoms with Crippen LogP contribution in [0, 0.1) is 10.1 Å². The van der Waals surface area contributed by atoms with Gasteiger partial charge in [0.15, 0.2) is 0 Å². The van der Waals surface area contributed by atoms with Gasteiger partial charge in [0, 0.05) is 30.5 Å². The molecule has 0 fully saturated rings. The molecule has 0 aliphatic rings. The average Bonchev–Trinajstić information content (AvgIpc) is 2.42. The molecule has 1 amide bonds. The van der Waals surface area contributed by atoms with Gasteiger partial charge >= 0.3 is 0 Å². The summed E-state index contributed by atoms with van der Waals surface area (Å²) in [4.78, 5) is 25.2. The zero-order valence-corrected chi connectivity index (χ0v) is 10.7. The number of nitrogens with two attached hydrogens (primary N) is 1. The van der Waals surface area contributed by atoms with Crippen molar-refractivity contribution in [3.63, 3.8) is 0 Å². The fourth-order valence-corrected chi connectivity index (χ4v) is 1.80. The van der Waals surface area contributed by atoms with Gasteiger partial charge in [-0.15, -0.1) is 0 Å². The van der Waals surface area contributed by atoms with Crippen LogP contribution >= 0.6 is 0 Å². The third-order valence-corrected chi connectivity index (χ3v) is 2.79. The number of hydrogen-bond donors (Lipinski definition) is 2. The molecule has 0 spiro atoms. The van der Waals surface area contributed by atoms with Crippen LogP contribution in [-0.2, 0) is 4.79 Å². The maximum atomic E-state index is 10.7. The van der Waals surface area contributed by atoms with E-state index in [9.17, 15) is 14.9 Å². The van der Waals surface area contributed by atoms with Crippen LogP contribution in [0.25, 0.3) is 10.9 Å². The summed E-state index contributed by atoms with van der Waals surface area (Å²) in [6.07, 6.45) is 0.960. The molecule has 3 N–H and O–H groups in total. The van der Waals surface area contributed by atoms with Crippen LogP contribution in [0.4, 0.5) is 11.5 Å². The first-order valence-electron chi connectivity index (χ1n) is 6.13. The highest BCUT2D eigenvalue weighted by Crippen LogP contribution is 2.20. The third kappa shape index (κ3) is 3.41. The molecule has 0 saturated carbocycles. The predicted octanol–water partition coefficient (Wildman–Crippen LogP) is 1.82. The lowest BCUT2D eigenvalue weighted by molar-refractivity contribution is -0.384. The number of rotatable bonds is 6. The van der Waals surface area contributed by atoms with E-state index >= 15 is 0 Å². The van der Waals surface area contributed by atoms with Gasteiger partial charge in [0.25, 0.3) is 5.69 Å². The number of aromatic nitrogens is 1. The number of anilines is 1. The van der Waals surface area contributed by atoms with Crippen molar-refractivity contribution in [2.45, 2.75) is 12.8 Å². The Morgan fingerprint density at radius 3 is 2.85 bits per heavy atom. The monoisotopic (exact) mass is 274 g/mol. The summed E-state index contributed by atoms with van der Waals surface area (Å²) in [5.74, 6) is 0.335. The molecule has 7 heteroatoms. The maximum absolute atomic E-state index is 10.7. The summed E-state index contributed by atoms with van der Waals surface area (Å²) in [5.41, 5.74) is 5.77. The van der Waals surface area contributed by atoms with Gasteiger partial charge in [-0.1, -0.05) is 0 Å². The smallest absolute Gasteiger partial charge is 0.270 e. The Labute approximate surface area is 114 Å². The summed E-state index contributed by atoms with van der Waals surface area (Å²) >= 11 is 0. The SMILES string of the molecule is NC(=O)CCCNc1ccc2cc([N+](=O)[O-])ccc2n1. The van der Waals surface area contributed by atoms with E-state index in [0.29, 0.717) is 36.1 Å². The summed E-state index contributed by atoms with van der Waals surface area (Å²) in [7, 11) is 0. The van der Waals surface area contributed by atoms with E-state index in [0.717, 1.165) is 0 Å². The molecule has 1 aromatic carbocycles. The van der Waals surface area contributed by atoms with E-state index < -0.39 is 4.92 Å². The number of amides is 1. The number of carbonyl (C=O) groups excluding carboxylic acids is 1. The lowest BCUT2D eigenvalue weighted by Gasteiger charge is -2.06. The molecule has 2 aromatic rings. The van der Waals surface area contributed by atoms with Gasteiger partial charge in [-0.3, -0.25) is 14.9 Å². The number of nitrogens with one attached hydrogen (secondary N) is 1. The lowest BCUT2D eigenvalue weighted by Crippen LogP contribution is -2.12. The number of primary amides is 1. The molecule has 20 heavy (non-hydrogen) atoms. The maximum Gasteiger partial charge on any atom is 0.270 e. The first-order chi connectivity index (χ1) is 9.56. The normalized spacial score (nSPS) is 10.4.